The maximum absolute atomic E-state index is 12.0. The van der Waals surface area contributed by atoms with E-state index in [-0.39, 0.29) is 12.3 Å². The highest BCUT2D eigenvalue weighted by molar-refractivity contribution is 6.40. The highest BCUT2D eigenvalue weighted by Crippen LogP contribution is 2.32. The molecule has 7 heteroatoms. The number of nitrogens with one attached hydrogen (secondary N) is 2. The summed E-state index contributed by atoms with van der Waals surface area (Å²) in [6, 6.07) is 2.36. The summed E-state index contributed by atoms with van der Waals surface area (Å²) in [4.78, 5) is 22.8. The molecular formula is C14H18Cl2N2O3. The van der Waals surface area contributed by atoms with E-state index in [1.807, 2.05) is 13.8 Å². The molecule has 1 unspecified atom stereocenters. The minimum atomic E-state index is -0.972. The molecule has 0 aliphatic rings. The quantitative estimate of drug-likeness (QED) is 0.764. The van der Waals surface area contributed by atoms with Crippen LogP contribution >= 0.6 is 23.2 Å². The summed E-state index contributed by atoms with van der Waals surface area (Å²) in [5.74, 6) is -0.990. The normalized spacial score (nSPS) is 12.1. The molecule has 0 bridgehead atoms. The Bertz CT molecular complexity index is 547. The standard InChI is InChI=1S/C14H18Cl2N2O3/c1-7(2)10(6-11(19)20)17-14(21)18-13-9(15)5-4-8(3)12(13)16/h4-5,7,10H,6H2,1-3H3,(H,19,20)(H2,17,18,21). The van der Waals surface area contributed by atoms with E-state index in [2.05, 4.69) is 10.6 Å². The molecule has 0 radical (unpaired) electrons. The molecule has 116 valence electrons. The first-order chi connectivity index (χ1) is 9.72. The number of hydrogen-bond acceptors (Lipinski definition) is 2. The monoisotopic (exact) mass is 332 g/mol. The predicted octanol–water partition coefficient (Wildman–Crippen LogP) is 3.92. The maximum Gasteiger partial charge on any atom is 0.319 e. The molecule has 21 heavy (non-hydrogen) atoms. The number of aliphatic carboxylic acids is 1. The number of hydrogen-bond donors (Lipinski definition) is 3. The Morgan fingerprint density at radius 1 is 1.29 bits per heavy atom. The van der Waals surface area contributed by atoms with Gasteiger partial charge in [-0.05, 0) is 24.5 Å². The number of amides is 2. The molecule has 5 nitrogen and oxygen atoms in total. The van der Waals surface area contributed by atoms with Crippen molar-refractivity contribution >= 4 is 40.9 Å². The molecule has 0 aromatic heterocycles. The zero-order valence-corrected chi connectivity index (χ0v) is 13.5. The van der Waals surface area contributed by atoms with Crippen molar-refractivity contribution in [1.29, 1.82) is 0 Å². The number of halogens is 2. The van der Waals surface area contributed by atoms with Gasteiger partial charge < -0.3 is 15.7 Å². The second kappa shape index (κ2) is 7.52. The fraction of sp³-hybridized carbons (Fsp3) is 0.429. The summed E-state index contributed by atoms with van der Waals surface area (Å²) in [6.07, 6.45) is -0.152. The van der Waals surface area contributed by atoms with Crippen LogP contribution in [0.15, 0.2) is 12.1 Å². The summed E-state index contributed by atoms with van der Waals surface area (Å²) in [6.45, 7) is 5.46. The van der Waals surface area contributed by atoms with Crippen molar-refractivity contribution in [3.05, 3.63) is 27.7 Å². The van der Waals surface area contributed by atoms with Gasteiger partial charge in [0.15, 0.2) is 0 Å². The lowest BCUT2D eigenvalue weighted by Gasteiger charge is -2.21. The number of urea groups is 1. The van der Waals surface area contributed by atoms with E-state index >= 15 is 0 Å². The lowest BCUT2D eigenvalue weighted by molar-refractivity contribution is -0.137. The van der Waals surface area contributed by atoms with E-state index in [0.29, 0.717) is 15.7 Å². The third-order valence-corrected chi connectivity index (χ3v) is 3.84. The van der Waals surface area contributed by atoms with Gasteiger partial charge in [0.2, 0.25) is 0 Å². The number of anilines is 1. The Morgan fingerprint density at radius 3 is 2.43 bits per heavy atom. The summed E-state index contributed by atoms with van der Waals surface area (Å²) in [5.41, 5.74) is 1.09. The average Bonchev–Trinajstić information content (AvgIpc) is 2.38. The maximum atomic E-state index is 12.0. The number of carbonyl (C=O) groups is 2. The zero-order valence-electron chi connectivity index (χ0n) is 12.0. The third-order valence-electron chi connectivity index (χ3n) is 3.04. The van der Waals surface area contributed by atoms with Gasteiger partial charge in [-0.1, -0.05) is 43.1 Å². The molecule has 0 saturated carbocycles. The fourth-order valence-corrected chi connectivity index (χ4v) is 2.20. The number of carboxylic acids is 1. The van der Waals surface area contributed by atoms with Crippen LogP contribution in [0.4, 0.5) is 10.5 Å². The molecule has 3 N–H and O–H groups in total. The van der Waals surface area contributed by atoms with Gasteiger partial charge in [-0.2, -0.15) is 0 Å². The van der Waals surface area contributed by atoms with Gasteiger partial charge in [0.25, 0.3) is 0 Å². The Balaban J connectivity index is 2.82. The van der Waals surface area contributed by atoms with Crippen molar-refractivity contribution in [2.45, 2.75) is 33.2 Å². The van der Waals surface area contributed by atoms with Crippen LogP contribution in [0.25, 0.3) is 0 Å². The molecule has 2 amide bonds. The molecule has 1 rings (SSSR count). The first-order valence-electron chi connectivity index (χ1n) is 6.46. The van der Waals surface area contributed by atoms with E-state index in [9.17, 15) is 9.59 Å². The first-order valence-corrected chi connectivity index (χ1v) is 7.21. The van der Waals surface area contributed by atoms with Gasteiger partial charge in [-0.15, -0.1) is 0 Å². The Labute approximate surface area is 133 Å². The van der Waals surface area contributed by atoms with Crippen LogP contribution in [0.3, 0.4) is 0 Å². The summed E-state index contributed by atoms with van der Waals surface area (Å²) >= 11 is 12.1. The Morgan fingerprint density at radius 2 is 1.90 bits per heavy atom. The highest BCUT2D eigenvalue weighted by atomic mass is 35.5. The molecule has 0 saturated heterocycles. The number of rotatable bonds is 5. The third kappa shape index (κ3) is 5.10. The van der Waals surface area contributed by atoms with Crippen LogP contribution in [-0.2, 0) is 4.79 Å². The van der Waals surface area contributed by atoms with E-state index in [4.69, 9.17) is 28.3 Å². The van der Waals surface area contributed by atoms with Crippen LogP contribution in [-0.4, -0.2) is 23.1 Å². The van der Waals surface area contributed by atoms with Gasteiger partial charge >= 0.3 is 12.0 Å². The number of carboxylic acid groups (broad SMARTS) is 1. The van der Waals surface area contributed by atoms with Crippen LogP contribution in [0.5, 0.6) is 0 Å². The number of benzene rings is 1. The van der Waals surface area contributed by atoms with E-state index in [1.54, 1.807) is 19.1 Å². The molecular weight excluding hydrogens is 315 g/mol. The molecule has 1 aromatic carbocycles. The van der Waals surface area contributed by atoms with E-state index in [0.717, 1.165) is 5.56 Å². The largest absolute Gasteiger partial charge is 0.481 e. The van der Waals surface area contributed by atoms with Crippen molar-refractivity contribution in [2.75, 3.05) is 5.32 Å². The molecule has 0 aliphatic carbocycles. The van der Waals surface area contributed by atoms with Crippen molar-refractivity contribution < 1.29 is 14.7 Å². The fourth-order valence-electron chi connectivity index (χ4n) is 1.73. The molecule has 1 atom stereocenters. The Kier molecular flexibility index (Phi) is 6.30. The summed E-state index contributed by atoms with van der Waals surface area (Å²) in [5, 5.41) is 14.7. The van der Waals surface area contributed by atoms with Gasteiger partial charge in [0.1, 0.15) is 0 Å². The number of aryl methyl sites for hydroxylation is 1. The van der Waals surface area contributed by atoms with Crippen molar-refractivity contribution in [3.63, 3.8) is 0 Å². The summed E-state index contributed by atoms with van der Waals surface area (Å²) in [7, 11) is 0. The Hall–Kier alpha value is -1.46. The van der Waals surface area contributed by atoms with Gasteiger partial charge in [-0.3, -0.25) is 4.79 Å². The second-order valence-corrected chi connectivity index (χ2v) is 5.89. The smallest absolute Gasteiger partial charge is 0.319 e. The predicted molar refractivity (Wildman–Crippen MR) is 84.2 cm³/mol. The van der Waals surface area contributed by atoms with Gasteiger partial charge in [0, 0.05) is 6.04 Å². The molecule has 0 fully saturated rings. The van der Waals surface area contributed by atoms with Crippen molar-refractivity contribution in [2.24, 2.45) is 5.92 Å². The van der Waals surface area contributed by atoms with Crippen LogP contribution in [0.1, 0.15) is 25.8 Å². The lowest BCUT2D eigenvalue weighted by atomic mass is 10.0. The van der Waals surface area contributed by atoms with Crippen LogP contribution in [0, 0.1) is 12.8 Å². The van der Waals surface area contributed by atoms with E-state index in [1.165, 1.54) is 0 Å². The van der Waals surface area contributed by atoms with Gasteiger partial charge in [0.05, 0.1) is 22.2 Å². The average molecular weight is 333 g/mol. The SMILES string of the molecule is Cc1ccc(Cl)c(NC(=O)NC(CC(=O)O)C(C)C)c1Cl. The van der Waals surface area contributed by atoms with Crippen molar-refractivity contribution in [1.82, 2.24) is 5.32 Å². The summed E-state index contributed by atoms with van der Waals surface area (Å²) < 4.78 is 0. The van der Waals surface area contributed by atoms with E-state index < -0.39 is 18.0 Å². The minimum Gasteiger partial charge on any atom is -0.481 e. The molecule has 1 aromatic rings. The number of carbonyl (C=O) groups excluding carboxylic acids is 1. The molecule has 0 aliphatic heterocycles. The van der Waals surface area contributed by atoms with Crippen LogP contribution < -0.4 is 10.6 Å². The highest BCUT2D eigenvalue weighted by Gasteiger charge is 2.20. The van der Waals surface area contributed by atoms with Crippen LogP contribution in [0.2, 0.25) is 10.0 Å². The van der Waals surface area contributed by atoms with Gasteiger partial charge in [-0.25, -0.2) is 4.79 Å². The van der Waals surface area contributed by atoms with Crippen molar-refractivity contribution in [3.8, 4) is 0 Å². The first kappa shape index (κ1) is 17.6. The minimum absolute atomic E-state index is 0.0182. The zero-order chi connectivity index (χ0) is 16.2. The molecule has 0 heterocycles. The topological polar surface area (TPSA) is 78.4 Å². The second-order valence-electron chi connectivity index (χ2n) is 5.10. The molecule has 0 spiro atoms. The lowest BCUT2D eigenvalue weighted by Crippen LogP contribution is -2.42.